The average Bonchev–Trinajstić information content (AvgIpc) is 2.80. The van der Waals surface area contributed by atoms with Crippen LogP contribution in [0.2, 0.25) is 0 Å². The molecule has 2 rings (SSSR count). The Hall–Kier alpha value is -2.68. The number of nitrogens with zero attached hydrogens (tertiary/aromatic N) is 4. The van der Waals surface area contributed by atoms with Crippen molar-refractivity contribution in [3.8, 4) is 0 Å². The molecule has 0 bridgehead atoms. The predicted octanol–water partition coefficient (Wildman–Crippen LogP) is 0.753. The van der Waals surface area contributed by atoms with E-state index in [4.69, 9.17) is 9.94 Å². The number of hydrogen-bond acceptors (Lipinski definition) is 6. The number of fused-ring (bicyclic) bond motifs is 1. The second kappa shape index (κ2) is 7.54. The fourth-order valence-corrected chi connectivity index (χ4v) is 2.09. The van der Waals surface area contributed by atoms with Crippen molar-refractivity contribution in [1.29, 1.82) is 0 Å². The lowest BCUT2D eigenvalue weighted by molar-refractivity contribution is -0.705. The Morgan fingerprint density at radius 3 is 2.43 bits per heavy atom. The van der Waals surface area contributed by atoms with Crippen LogP contribution < -0.4 is 0 Å². The summed E-state index contributed by atoms with van der Waals surface area (Å²) in [5, 5.41) is 24.8. The summed E-state index contributed by atoms with van der Waals surface area (Å²) in [5.41, 5.74) is 0.613. The number of unbranched alkanes of at least 4 members (excludes halogenated alkanes) is 1. The first-order valence-electron chi connectivity index (χ1n) is 7.13. The van der Waals surface area contributed by atoms with Gasteiger partial charge in [-0.25, -0.2) is 4.90 Å². The highest BCUT2D eigenvalue weighted by molar-refractivity contribution is 6.21. The predicted molar refractivity (Wildman–Crippen MR) is 77.9 cm³/mol. The number of amides is 2. The van der Waals surface area contributed by atoms with E-state index in [-0.39, 0.29) is 11.6 Å². The zero-order valence-corrected chi connectivity index (χ0v) is 12.7. The van der Waals surface area contributed by atoms with E-state index in [9.17, 15) is 14.8 Å². The first kappa shape index (κ1) is 16.7. The number of rotatable bonds is 8. The van der Waals surface area contributed by atoms with E-state index < -0.39 is 18.5 Å². The van der Waals surface area contributed by atoms with Gasteiger partial charge >= 0.3 is 0 Å². The molecular weight excluding hydrogens is 304 g/mol. The quantitative estimate of drug-likeness (QED) is 0.249. The molecule has 1 N–H and O–H groups in total. The van der Waals surface area contributed by atoms with E-state index in [0.717, 1.165) is 4.90 Å². The molecule has 1 aliphatic heterocycles. The molecule has 1 aromatic rings. The van der Waals surface area contributed by atoms with E-state index in [1.807, 2.05) is 0 Å². The Kier molecular flexibility index (Phi) is 5.47. The average molecular weight is 322 g/mol. The van der Waals surface area contributed by atoms with Gasteiger partial charge < -0.3 is 15.2 Å². The largest absolute Gasteiger partial charge is 0.569 e. The van der Waals surface area contributed by atoms with Crippen molar-refractivity contribution in [2.45, 2.75) is 12.8 Å². The number of benzene rings is 1. The van der Waals surface area contributed by atoms with Gasteiger partial charge in [0, 0.05) is 6.61 Å². The molecule has 0 unspecified atom stereocenters. The molecule has 0 aliphatic carbocycles. The number of hydrogen-bond donors (Lipinski definition) is 1. The molecule has 124 valence electrons. The fourth-order valence-electron chi connectivity index (χ4n) is 2.09. The highest BCUT2D eigenvalue weighted by Gasteiger charge is 2.35. The maximum atomic E-state index is 12.0. The van der Waals surface area contributed by atoms with Gasteiger partial charge in [0.15, 0.2) is 0 Å². The SMILES string of the molecule is CN(CCCCO)[N+]([O-])=NOCN1C(=O)c2ccccc2C1=O. The summed E-state index contributed by atoms with van der Waals surface area (Å²) in [5.74, 6) is -0.955. The lowest BCUT2D eigenvalue weighted by atomic mass is 10.1. The summed E-state index contributed by atoms with van der Waals surface area (Å²) in [6, 6.07) is 6.45. The molecule has 1 heterocycles. The van der Waals surface area contributed by atoms with Crippen molar-refractivity contribution >= 4 is 11.8 Å². The van der Waals surface area contributed by atoms with E-state index in [1.165, 1.54) is 12.1 Å². The summed E-state index contributed by atoms with van der Waals surface area (Å²) in [6.07, 6.45) is 1.20. The molecule has 23 heavy (non-hydrogen) atoms. The minimum atomic E-state index is -0.477. The van der Waals surface area contributed by atoms with Crippen LogP contribution in [-0.2, 0) is 4.84 Å². The summed E-state index contributed by atoms with van der Waals surface area (Å²) < 4.78 is 0. The zero-order chi connectivity index (χ0) is 16.8. The normalized spacial score (nSPS) is 14.2. The van der Waals surface area contributed by atoms with Gasteiger partial charge in [0.05, 0.1) is 29.7 Å². The Morgan fingerprint density at radius 1 is 1.26 bits per heavy atom. The Bertz CT molecular complexity index is 584. The van der Waals surface area contributed by atoms with Gasteiger partial charge in [0.2, 0.25) is 12.0 Å². The minimum absolute atomic E-state index is 0.0556. The van der Waals surface area contributed by atoms with Crippen molar-refractivity contribution in [2.75, 3.05) is 26.9 Å². The van der Waals surface area contributed by atoms with Gasteiger partial charge in [0.25, 0.3) is 11.8 Å². The van der Waals surface area contributed by atoms with Gasteiger partial charge in [0.1, 0.15) is 0 Å². The van der Waals surface area contributed by atoms with Crippen LogP contribution in [0.3, 0.4) is 0 Å². The van der Waals surface area contributed by atoms with E-state index in [0.29, 0.717) is 30.5 Å². The number of carbonyl (C=O) groups is 2. The first-order chi connectivity index (χ1) is 11.1. The third-order valence-electron chi connectivity index (χ3n) is 3.37. The molecule has 2 amide bonds. The third-order valence-corrected chi connectivity index (χ3v) is 3.37. The van der Waals surface area contributed by atoms with Crippen LogP contribution >= 0.6 is 0 Å². The summed E-state index contributed by atoms with van der Waals surface area (Å²) >= 11 is 0. The lowest BCUT2D eigenvalue weighted by Crippen LogP contribution is -2.32. The second-order valence-electron chi connectivity index (χ2n) is 4.99. The molecule has 1 aliphatic rings. The van der Waals surface area contributed by atoms with Gasteiger partial charge in [-0.2, -0.15) is 0 Å². The van der Waals surface area contributed by atoms with Gasteiger partial charge in [-0.1, -0.05) is 12.1 Å². The standard InChI is InChI=1S/C14H18N4O5/c1-16(8-4-5-9-19)18(22)15-23-10-17-13(20)11-6-2-3-7-12(11)14(17)21/h2-3,6-7,19H,4-5,8-10H2,1H3. The van der Waals surface area contributed by atoms with Crippen molar-refractivity contribution in [1.82, 2.24) is 9.91 Å². The summed E-state index contributed by atoms with van der Waals surface area (Å²) in [6.45, 7) is 0.0135. The van der Waals surface area contributed by atoms with Crippen LogP contribution in [0.25, 0.3) is 0 Å². The monoisotopic (exact) mass is 322 g/mol. The number of hydrazine groups is 1. The van der Waals surface area contributed by atoms with Crippen LogP contribution in [0.5, 0.6) is 0 Å². The Labute approximate surface area is 132 Å². The highest BCUT2D eigenvalue weighted by Crippen LogP contribution is 2.22. The van der Waals surface area contributed by atoms with Crippen LogP contribution in [0.15, 0.2) is 29.5 Å². The molecular formula is C14H18N4O5. The molecule has 0 saturated heterocycles. The number of imide groups is 1. The van der Waals surface area contributed by atoms with Crippen LogP contribution in [-0.4, -0.2) is 58.7 Å². The fraction of sp³-hybridized carbons (Fsp3) is 0.429. The van der Waals surface area contributed by atoms with Crippen LogP contribution in [0.4, 0.5) is 0 Å². The molecule has 9 nitrogen and oxygen atoms in total. The zero-order valence-electron chi connectivity index (χ0n) is 12.7. The molecule has 0 saturated carbocycles. The van der Waals surface area contributed by atoms with Crippen molar-refractivity contribution in [2.24, 2.45) is 5.28 Å². The smallest absolute Gasteiger partial charge is 0.264 e. The third kappa shape index (κ3) is 3.75. The second-order valence-corrected chi connectivity index (χ2v) is 4.99. The molecule has 9 heteroatoms. The highest BCUT2D eigenvalue weighted by atomic mass is 16.7. The van der Waals surface area contributed by atoms with E-state index >= 15 is 0 Å². The van der Waals surface area contributed by atoms with Gasteiger partial charge in [-0.15, -0.1) is 5.01 Å². The number of aliphatic hydroxyl groups is 1. The van der Waals surface area contributed by atoms with Crippen molar-refractivity contribution in [3.05, 3.63) is 40.6 Å². The maximum Gasteiger partial charge on any atom is 0.264 e. The van der Waals surface area contributed by atoms with Crippen LogP contribution in [0.1, 0.15) is 33.6 Å². The van der Waals surface area contributed by atoms with Gasteiger partial charge in [-0.3, -0.25) is 9.59 Å². The Morgan fingerprint density at radius 2 is 1.87 bits per heavy atom. The molecule has 0 fully saturated rings. The van der Waals surface area contributed by atoms with E-state index in [2.05, 4.69) is 5.28 Å². The lowest BCUT2D eigenvalue weighted by Gasteiger charge is -2.13. The molecule has 0 radical (unpaired) electrons. The topological polar surface area (TPSA) is 109 Å². The summed E-state index contributed by atoms with van der Waals surface area (Å²) in [4.78, 5) is 30.0. The maximum absolute atomic E-state index is 12.0. The minimum Gasteiger partial charge on any atom is -0.569 e. The Balaban J connectivity index is 1.88. The van der Waals surface area contributed by atoms with Crippen molar-refractivity contribution < 1.29 is 24.5 Å². The number of aliphatic hydroxyl groups excluding tert-OH is 1. The molecule has 0 atom stereocenters. The first-order valence-corrected chi connectivity index (χ1v) is 7.13. The molecule has 1 aromatic carbocycles. The molecule has 0 aromatic heterocycles. The molecule has 0 spiro atoms. The van der Waals surface area contributed by atoms with Crippen molar-refractivity contribution in [3.63, 3.8) is 0 Å². The van der Waals surface area contributed by atoms with Crippen LogP contribution in [0, 0.1) is 5.21 Å². The van der Waals surface area contributed by atoms with E-state index in [1.54, 1.807) is 24.3 Å². The summed E-state index contributed by atoms with van der Waals surface area (Å²) in [7, 11) is 1.51. The number of carbonyl (C=O) groups excluding carboxylic acids is 2. The van der Waals surface area contributed by atoms with Gasteiger partial charge in [-0.05, 0) is 25.0 Å².